The number of Topliss-reactive ketones (excluding diaryl/α,β-unsaturated/α-hetero) is 1. The molecular weight excluding hydrogens is 308 g/mol. The zero-order chi connectivity index (χ0) is 11.7. The average molecular weight is 316 g/mol. The lowest BCUT2D eigenvalue weighted by atomic mass is 10.2. The summed E-state index contributed by atoms with van der Waals surface area (Å²) < 4.78 is 0.980. The second-order valence-corrected chi connectivity index (χ2v) is 5.72. The molecule has 4 heteroatoms. The lowest BCUT2D eigenvalue weighted by Crippen LogP contribution is -1.83. The van der Waals surface area contributed by atoms with E-state index in [-0.39, 0.29) is 5.78 Å². The van der Waals surface area contributed by atoms with E-state index in [2.05, 4.69) is 15.9 Å². The Morgan fingerprint density at radius 3 is 2.69 bits per heavy atom. The number of hydrogen-bond donors (Lipinski definition) is 0. The largest absolute Gasteiger partial charge is 0.294 e. The van der Waals surface area contributed by atoms with E-state index in [0.29, 0.717) is 5.02 Å². The highest BCUT2D eigenvalue weighted by atomic mass is 79.9. The molecule has 16 heavy (non-hydrogen) atoms. The van der Waals surface area contributed by atoms with Gasteiger partial charge in [0.25, 0.3) is 0 Å². The predicted octanol–water partition coefficient (Wildman–Crippen LogP) is 5.03. The van der Waals surface area contributed by atoms with E-state index in [1.54, 1.807) is 6.92 Å². The smallest absolute Gasteiger partial charge is 0.169 e. The average Bonchev–Trinajstić information content (AvgIpc) is 2.70. The fourth-order valence-electron chi connectivity index (χ4n) is 1.36. The Morgan fingerprint density at radius 2 is 2.06 bits per heavy atom. The Hall–Kier alpha value is -0.640. The van der Waals surface area contributed by atoms with Crippen LogP contribution in [0.15, 0.2) is 34.8 Å². The van der Waals surface area contributed by atoms with Gasteiger partial charge in [0, 0.05) is 19.9 Å². The number of rotatable bonds is 2. The lowest BCUT2D eigenvalue weighted by molar-refractivity contribution is 0.102. The Bertz CT molecular complexity index is 548. The fourth-order valence-corrected chi connectivity index (χ4v) is 3.05. The molecule has 1 heterocycles. The van der Waals surface area contributed by atoms with E-state index in [4.69, 9.17) is 11.6 Å². The van der Waals surface area contributed by atoms with Gasteiger partial charge in [-0.05, 0) is 37.3 Å². The third-order valence-corrected chi connectivity index (χ3v) is 4.29. The lowest BCUT2D eigenvalue weighted by Gasteiger charge is -2.01. The van der Waals surface area contributed by atoms with E-state index in [9.17, 15) is 4.79 Å². The van der Waals surface area contributed by atoms with Crippen molar-refractivity contribution >= 4 is 44.7 Å². The summed E-state index contributed by atoms with van der Waals surface area (Å²) >= 11 is 10.9. The van der Waals surface area contributed by atoms with Crippen molar-refractivity contribution in [3.63, 3.8) is 0 Å². The number of hydrogen-bond acceptors (Lipinski definition) is 2. The van der Waals surface area contributed by atoms with Gasteiger partial charge < -0.3 is 0 Å². The molecule has 0 saturated heterocycles. The van der Waals surface area contributed by atoms with Crippen molar-refractivity contribution in [2.24, 2.45) is 0 Å². The third kappa shape index (κ3) is 2.37. The summed E-state index contributed by atoms with van der Waals surface area (Å²) in [5.74, 6) is 0.0920. The van der Waals surface area contributed by atoms with Gasteiger partial charge in [-0.15, -0.1) is 11.3 Å². The van der Waals surface area contributed by atoms with Crippen LogP contribution in [0.5, 0.6) is 0 Å². The SMILES string of the molecule is CC(=O)c1ccc(-c2cc(Cl)ccc2Br)s1. The van der Waals surface area contributed by atoms with Crippen LogP contribution in [0.4, 0.5) is 0 Å². The topological polar surface area (TPSA) is 17.1 Å². The highest BCUT2D eigenvalue weighted by molar-refractivity contribution is 9.10. The predicted molar refractivity (Wildman–Crippen MR) is 72.5 cm³/mol. The maximum Gasteiger partial charge on any atom is 0.169 e. The van der Waals surface area contributed by atoms with Gasteiger partial charge in [-0.3, -0.25) is 4.79 Å². The van der Waals surface area contributed by atoms with Crippen molar-refractivity contribution in [3.8, 4) is 10.4 Å². The van der Waals surface area contributed by atoms with Crippen molar-refractivity contribution in [3.05, 3.63) is 44.7 Å². The van der Waals surface area contributed by atoms with E-state index < -0.39 is 0 Å². The maximum atomic E-state index is 11.2. The molecule has 0 spiro atoms. The Kier molecular flexibility index (Phi) is 3.47. The molecule has 2 rings (SSSR count). The minimum atomic E-state index is 0.0920. The van der Waals surface area contributed by atoms with Crippen LogP contribution in [0.25, 0.3) is 10.4 Å². The van der Waals surface area contributed by atoms with Crippen molar-refractivity contribution < 1.29 is 4.79 Å². The second-order valence-electron chi connectivity index (χ2n) is 3.34. The minimum Gasteiger partial charge on any atom is -0.294 e. The van der Waals surface area contributed by atoms with Crippen LogP contribution < -0.4 is 0 Å². The van der Waals surface area contributed by atoms with Crippen molar-refractivity contribution in [2.75, 3.05) is 0 Å². The molecule has 0 aliphatic rings. The molecule has 0 N–H and O–H groups in total. The first kappa shape index (κ1) is 11.8. The van der Waals surface area contributed by atoms with Gasteiger partial charge in [-0.1, -0.05) is 27.5 Å². The van der Waals surface area contributed by atoms with Crippen LogP contribution >= 0.6 is 38.9 Å². The van der Waals surface area contributed by atoms with E-state index in [1.165, 1.54) is 11.3 Å². The van der Waals surface area contributed by atoms with Crippen molar-refractivity contribution in [1.29, 1.82) is 0 Å². The normalized spacial score (nSPS) is 10.4. The van der Waals surface area contributed by atoms with Gasteiger partial charge in [-0.25, -0.2) is 0 Å². The first-order valence-electron chi connectivity index (χ1n) is 4.64. The molecular formula is C12H8BrClOS. The monoisotopic (exact) mass is 314 g/mol. The number of thiophene rings is 1. The Morgan fingerprint density at radius 1 is 1.31 bits per heavy atom. The highest BCUT2D eigenvalue weighted by Crippen LogP contribution is 2.35. The molecule has 0 fully saturated rings. The summed E-state index contributed by atoms with van der Waals surface area (Å²) in [5, 5.41) is 0.691. The summed E-state index contributed by atoms with van der Waals surface area (Å²) in [6, 6.07) is 9.41. The van der Waals surface area contributed by atoms with Gasteiger partial charge in [-0.2, -0.15) is 0 Å². The van der Waals surface area contributed by atoms with Gasteiger partial charge >= 0.3 is 0 Å². The maximum absolute atomic E-state index is 11.2. The molecule has 1 aromatic heterocycles. The van der Waals surface area contributed by atoms with E-state index >= 15 is 0 Å². The molecule has 2 aromatic rings. The van der Waals surface area contributed by atoms with Crippen LogP contribution in [0, 0.1) is 0 Å². The fraction of sp³-hybridized carbons (Fsp3) is 0.0833. The number of benzene rings is 1. The molecule has 1 nitrogen and oxygen atoms in total. The van der Waals surface area contributed by atoms with Gasteiger partial charge in [0.15, 0.2) is 5.78 Å². The number of halogens is 2. The zero-order valence-corrected chi connectivity index (χ0v) is 11.6. The minimum absolute atomic E-state index is 0.0920. The Labute approximate surface area is 111 Å². The summed E-state index contributed by atoms with van der Waals surface area (Å²) in [6.45, 7) is 1.57. The summed E-state index contributed by atoms with van der Waals surface area (Å²) in [6.07, 6.45) is 0. The summed E-state index contributed by atoms with van der Waals surface area (Å²) in [5.41, 5.74) is 1.02. The first-order valence-corrected chi connectivity index (χ1v) is 6.63. The van der Waals surface area contributed by atoms with Crippen LogP contribution in [0.1, 0.15) is 16.6 Å². The van der Waals surface area contributed by atoms with Crippen LogP contribution in [0.2, 0.25) is 5.02 Å². The molecule has 0 unspecified atom stereocenters. The molecule has 0 saturated carbocycles. The van der Waals surface area contributed by atoms with Gasteiger partial charge in [0.1, 0.15) is 0 Å². The van der Waals surface area contributed by atoms with Crippen LogP contribution in [-0.4, -0.2) is 5.78 Å². The summed E-state index contributed by atoms with van der Waals surface area (Å²) in [7, 11) is 0. The van der Waals surface area contributed by atoms with E-state index in [0.717, 1.165) is 19.8 Å². The molecule has 0 aliphatic carbocycles. The third-order valence-electron chi connectivity index (χ3n) is 2.15. The molecule has 0 atom stereocenters. The van der Waals surface area contributed by atoms with Gasteiger partial charge in [0.2, 0.25) is 0 Å². The van der Waals surface area contributed by atoms with Gasteiger partial charge in [0.05, 0.1) is 4.88 Å². The number of carbonyl (C=O) groups is 1. The molecule has 0 aliphatic heterocycles. The molecule has 0 bridgehead atoms. The number of ketones is 1. The first-order chi connectivity index (χ1) is 7.58. The Balaban J connectivity index is 2.50. The standard InChI is InChI=1S/C12H8BrClOS/c1-7(15)11-4-5-12(16-11)9-6-8(14)2-3-10(9)13/h2-6H,1H3. The van der Waals surface area contributed by atoms with Crippen molar-refractivity contribution in [1.82, 2.24) is 0 Å². The summed E-state index contributed by atoms with van der Waals surface area (Å²) in [4.78, 5) is 13.0. The molecule has 0 radical (unpaired) electrons. The molecule has 82 valence electrons. The number of carbonyl (C=O) groups excluding carboxylic acids is 1. The molecule has 1 aromatic carbocycles. The van der Waals surface area contributed by atoms with Crippen molar-refractivity contribution in [2.45, 2.75) is 6.92 Å². The van der Waals surface area contributed by atoms with Crippen LogP contribution in [-0.2, 0) is 0 Å². The highest BCUT2D eigenvalue weighted by Gasteiger charge is 2.09. The second kappa shape index (κ2) is 4.70. The molecule has 0 amide bonds. The van der Waals surface area contributed by atoms with Crippen LogP contribution in [0.3, 0.4) is 0 Å². The van der Waals surface area contributed by atoms with E-state index in [1.807, 2.05) is 30.3 Å². The quantitative estimate of drug-likeness (QED) is 0.710. The zero-order valence-electron chi connectivity index (χ0n) is 8.46.